The van der Waals surface area contributed by atoms with Crippen LogP contribution in [-0.4, -0.2) is 17.4 Å². The third-order valence-electron chi connectivity index (χ3n) is 6.31. The number of aliphatic hydroxyl groups excluding tert-OH is 1. The first-order valence-electron chi connectivity index (χ1n) is 14.1. The number of hydrogen-bond donors (Lipinski definition) is 1. The number of esters is 1. The van der Waals surface area contributed by atoms with Crippen molar-refractivity contribution in [3.05, 3.63) is 0 Å². The summed E-state index contributed by atoms with van der Waals surface area (Å²) in [5.41, 5.74) is 0. The molecule has 0 saturated heterocycles. The lowest BCUT2D eigenvalue weighted by atomic mass is 10.0. The predicted molar refractivity (Wildman–Crippen MR) is 134 cm³/mol. The van der Waals surface area contributed by atoms with Crippen LogP contribution in [0.4, 0.5) is 0 Å². The van der Waals surface area contributed by atoms with E-state index in [0.717, 1.165) is 32.1 Å². The fraction of sp³-hybridized carbons (Fsp3) is 0.964. The number of rotatable bonds is 25. The lowest BCUT2D eigenvalue weighted by Crippen LogP contribution is -2.17. The van der Waals surface area contributed by atoms with E-state index in [9.17, 15) is 9.90 Å². The molecule has 1 atom stereocenters. The zero-order valence-corrected chi connectivity index (χ0v) is 21.3. The van der Waals surface area contributed by atoms with Gasteiger partial charge in [0.1, 0.15) is 0 Å². The number of aliphatic hydroxyl groups is 1. The van der Waals surface area contributed by atoms with Crippen LogP contribution in [0, 0.1) is 0 Å². The molecule has 0 aliphatic heterocycles. The van der Waals surface area contributed by atoms with E-state index >= 15 is 0 Å². The third-order valence-corrected chi connectivity index (χ3v) is 6.31. The Hall–Kier alpha value is -0.570. The van der Waals surface area contributed by atoms with Crippen molar-refractivity contribution in [2.75, 3.05) is 0 Å². The van der Waals surface area contributed by atoms with Gasteiger partial charge in [0, 0.05) is 12.8 Å². The van der Waals surface area contributed by atoms with Gasteiger partial charge in [-0.25, -0.2) is 0 Å². The van der Waals surface area contributed by atoms with E-state index in [0.29, 0.717) is 12.8 Å². The number of unbranched alkanes of at least 4 members (excludes halogenated alkanes) is 20. The smallest absolute Gasteiger partial charge is 0.308 e. The number of carbonyl (C=O) groups is 1. The molecule has 0 radical (unpaired) electrons. The molecule has 0 aromatic rings. The fourth-order valence-corrected chi connectivity index (χ4v) is 4.19. The Morgan fingerprint density at radius 1 is 0.548 bits per heavy atom. The van der Waals surface area contributed by atoms with Gasteiger partial charge in [0.05, 0.1) is 0 Å². The quantitative estimate of drug-likeness (QED) is 0.0873. The Bertz CT molecular complexity index is 356. The minimum atomic E-state index is -0.903. The zero-order chi connectivity index (χ0) is 22.8. The SMILES string of the molecule is CCCCCCCCCCCCCCCCCCCCCC(=O)OC(O)CCCCC. The standard InChI is InChI=1S/C28H56O3/c1-3-5-7-8-9-10-11-12-13-14-15-16-17-18-19-20-21-22-24-26-28(30)31-27(29)25-23-6-4-2/h27,29H,3-26H2,1-2H3. The summed E-state index contributed by atoms with van der Waals surface area (Å²) in [4.78, 5) is 11.7. The Labute approximate surface area is 195 Å². The Kier molecular flexibility index (Phi) is 25.2. The van der Waals surface area contributed by atoms with E-state index in [1.54, 1.807) is 0 Å². The highest BCUT2D eigenvalue weighted by molar-refractivity contribution is 5.69. The summed E-state index contributed by atoms with van der Waals surface area (Å²) in [6.07, 6.45) is 28.9. The van der Waals surface area contributed by atoms with Crippen molar-refractivity contribution in [1.82, 2.24) is 0 Å². The molecule has 0 aliphatic rings. The first kappa shape index (κ1) is 30.4. The molecule has 0 bridgehead atoms. The second-order valence-electron chi connectivity index (χ2n) is 9.55. The molecular formula is C28H56O3. The molecule has 0 aromatic carbocycles. The summed E-state index contributed by atoms with van der Waals surface area (Å²) < 4.78 is 5.05. The minimum Gasteiger partial charge on any atom is -0.436 e. The van der Waals surface area contributed by atoms with Crippen LogP contribution in [0.1, 0.15) is 168 Å². The summed E-state index contributed by atoms with van der Waals surface area (Å²) in [6.45, 7) is 4.41. The van der Waals surface area contributed by atoms with Crippen LogP contribution in [0.2, 0.25) is 0 Å². The number of carbonyl (C=O) groups excluding carboxylic acids is 1. The molecule has 3 heteroatoms. The van der Waals surface area contributed by atoms with E-state index in [2.05, 4.69) is 13.8 Å². The molecule has 0 aliphatic carbocycles. The second kappa shape index (κ2) is 25.7. The van der Waals surface area contributed by atoms with Gasteiger partial charge < -0.3 is 9.84 Å². The summed E-state index contributed by atoms with van der Waals surface area (Å²) in [5.74, 6) is -0.240. The molecule has 0 amide bonds. The van der Waals surface area contributed by atoms with Gasteiger partial charge in [0.15, 0.2) is 0 Å². The van der Waals surface area contributed by atoms with E-state index in [4.69, 9.17) is 4.74 Å². The first-order chi connectivity index (χ1) is 15.2. The number of hydrogen-bond acceptors (Lipinski definition) is 3. The van der Waals surface area contributed by atoms with E-state index in [-0.39, 0.29) is 5.97 Å². The van der Waals surface area contributed by atoms with Gasteiger partial charge in [-0.1, -0.05) is 142 Å². The van der Waals surface area contributed by atoms with Crippen LogP contribution >= 0.6 is 0 Å². The maximum Gasteiger partial charge on any atom is 0.308 e. The molecule has 0 spiro atoms. The van der Waals surface area contributed by atoms with E-state index < -0.39 is 6.29 Å². The molecule has 0 saturated carbocycles. The van der Waals surface area contributed by atoms with Crippen LogP contribution in [0.25, 0.3) is 0 Å². The van der Waals surface area contributed by atoms with Crippen molar-refractivity contribution >= 4 is 5.97 Å². The monoisotopic (exact) mass is 440 g/mol. The van der Waals surface area contributed by atoms with E-state index in [1.165, 1.54) is 109 Å². The molecule has 3 nitrogen and oxygen atoms in total. The van der Waals surface area contributed by atoms with Crippen LogP contribution in [-0.2, 0) is 9.53 Å². The van der Waals surface area contributed by atoms with Crippen molar-refractivity contribution < 1.29 is 14.6 Å². The van der Waals surface area contributed by atoms with Crippen LogP contribution in [0.5, 0.6) is 0 Å². The normalized spacial score (nSPS) is 12.2. The Morgan fingerprint density at radius 2 is 0.871 bits per heavy atom. The van der Waals surface area contributed by atoms with Crippen LogP contribution in [0.15, 0.2) is 0 Å². The molecule has 0 heterocycles. The largest absolute Gasteiger partial charge is 0.436 e. The lowest BCUT2D eigenvalue weighted by Gasteiger charge is -2.11. The summed E-state index contributed by atoms with van der Waals surface area (Å²) >= 11 is 0. The predicted octanol–water partition coefficient (Wildman–Crippen LogP) is 9.25. The van der Waals surface area contributed by atoms with Gasteiger partial charge in [0.25, 0.3) is 0 Å². The highest BCUT2D eigenvalue weighted by atomic mass is 16.6. The molecule has 1 unspecified atom stereocenters. The lowest BCUT2D eigenvalue weighted by molar-refractivity contribution is -0.168. The van der Waals surface area contributed by atoms with Crippen molar-refractivity contribution in [3.63, 3.8) is 0 Å². The third kappa shape index (κ3) is 25.6. The van der Waals surface area contributed by atoms with Gasteiger partial charge >= 0.3 is 5.97 Å². The van der Waals surface area contributed by atoms with Crippen molar-refractivity contribution in [2.45, 2.75) is 174 Å². The molecular weight excluding hydrogens is 384 g/mol. The first-order valence-corrected chi connectivity index (χ1v) is 14.1. The topological polar surface area (TPSA) is 46.5 Å². The van der Waals surface area contributed by atoms with Gasteiger partial charge in [-0.15, -0.1) is 0 Å². The van der Waals surface area contributed by atoms with E-state index in [1.807, 2.05) is 0 Å². The van der Waals surface area contributed by atoms with Crippen LogP contribution in [0.3, 0.4) is 0 Å². The molecule has 31 heavy (non-hydrogen) atoms. The molecule has 186 valence electrons. The average Bonchev–Trinajstić information content (AvgIpc) is 2.75. The zero-order valence-electron chi connectivity index (χ0n) is 21.3. The van der Waals surface area contributed by atoms with Crippen molar-refractivity contribution in [1.29, 1.82) is 0 Å². The molecule has 0 fully saturated rings. The van der Waals surface area contributed by atoms with Crippen LogP contribution < -0.4 is 0 Å². The fourth-order valence-electron chi connectivity index (χ4n) is 4.19. The van der Waals surface area contributed by atoms with Gasteiger partial charge in [-0.3, -0.25) is 4.79 Å². The Morgan fingerprint density at radius 3 is 1.26 bits per heavy atom. The van der Waals surface area contributed by atoms with Gasteiger partial charge in [-0.2, -0.15) is 0 Å². The summed E-state index contributed by atoms with van der Waals surface area (Å²) in [6, 6.07) is 0. The summed E-state index contributed by atoms with van der Waals surface area (Å²) in [7, 11) is 0. The van der Waals surface area contributed by atoms with Gasteiger partial charge in [-0.05, 0) is 12.8 Å². The minimum absolute atomic E-state index is 0.240. The molecule has 0 aromatic heterocycles. The van der Waals surface area contributed by atoms with Gasteiger partial charge in [0.2, 0.25) is 6.29 Å². The summed E-state index contributed by atoms with van der Waals surface area (Å²) in [5, 5.41) is 9.66. The number of ether oxygens (including phenoxy) is 1. The second-order valence-corrected chi connectivity index (χ2v) is 9.55. The highest BCUT2D eigenvalue weighted by Gasteiger charge is 2.10. The van der Waals surface area contributed by atoms with Crippen molar-refractivity contribution in [3.8, 4) is 0 Å². The average molecular weight is 441 g/mol. The Balaban J connectivity index is 3.17. The molecule has 0 rings (SSSR count). The maximum absolute atomic E-state index is 11.7. The maximum atomic E-state index is 11.7. The van der Waals surface area contributed by atoms with Crippen molar-refractivity contribution in [2.24, 2.45) is 0 Å². The molecule has 1 N–H and O–H groups in total. The highest BCUT2D eigenvalue weighted by Crippen LogP contribution is 2.15.